The molecule has 33 heavy (non-hydrogen) atoms. The Labute approximate surface area is 190 Å². The number of anilines is 1. The number of aromatic nitrogens is 6. The fraction of sp³-hybridized carbons (Fsp3) is 0.348. The largest absolute Gasteiger partial charge is 0.353 e. The van der Waals surface area contributed by atoms with Gasteiger partial charge in [-0.15, -0.1) is 5.10 Å². The van der Waals surface area contributed by atoms with Gasteiger partial charge in [-0.1, -0.05) is 0 Å². The molecular weight excluding hydrogens is 423 g/mol. The molecular formula is C23H25FN8O. The average Bonchev–Trinajstić information content (AvgIpc) is 3.16. The smallest absolute Gasteiger partial charge is 0.266 e. The van der Waals surface area contributed by atoms with E-state index in [1.165, 1.54) is 23.1 Å². The molecule has 0 spiro atoms. The minimum Gasteiger partial charge on any atom is -0.353 e. The van der Waals surface area contributed by atoms with Crippen LogP contribution in [0.4, 0.5) is 10.2 Å². The van der Waals surface area contributed by atoms with E-state index in [9.17, 15) is 9.18 Å². The SMILES string of the molecule is Cc1cc(C)n(-c2ccc(=O)n(CCN3CCN(c4ncnc5cc(F)ccc45)CC3)n2)n1. The van der Waals surface area contributed by atoms with Crippen molar-refractivity contribution in [1.29, 1.82) is 0 Å². The van der Waals surface area contributed by atoms with Gasteiger partial charge in [0.05, 0.1) is 17.8 Å². The third-order valence-electron chi connectivity index (χ3n) is 5.96. The van der Waals surface area contributed by atoms with Crippen molar-refractivity contribution in [1.82, 2.24) is 34.4 Å². The first kappa shape index (κ1) is 21.2. The Balaban J connectivity index is 1.24. The lowest BCUT2D eigenvalue weighted by Gasteiger charge is -2.35. The fourth-order valence-corrected chi connectivity index (χ4v) is 4.26. The number of benzene rings is 1. The van der Waals surface area contributed by atoms with Crippen molar-refractivity contribution in [2.75, 3.05) is 37.6 Å². The molecule has 0 amide bonds. The second kappa shape index (κ2) is 8.70. The van der Waals surface area contributed by atoms with Crippen molar-refractivity contribution in [3.63, 3.8) is 0 Å². The Morgan fingerprint density at radius 2 is 1.76 bits per heavy atom. The first-order valence-electron chi connectivity index (χ1n) is 11.0. The van der Waals surface area contributed by atoms with E-state index < -0.39 is 0 Å². The van der Waals surface area contributed by atoms with E-state index in [0.29, 0.717) is 17.9 Å². The highest BCUT2D eigenvalue weighted by Crippen LogP contribution is 2.24. The van der Waals surface area contributed by atoms with E-state index in [1.54, 1.807) is 22.9 Å². The minimum atomic E-state index is -0.303. The van der Waals surface area contributed by atoms with Crippen LogP contribution in [0, 0.1) is 19.7 Å². The number of hydrogen-bond donors (Lipinski definition) is 0. The highest BCUT2D eigenvalue weighted by Gasteiger charge is 2.20. The molecule has 0 N–H and O–H groups in total. The first-order valence-corrected chi connectivity index (χ1v) is 11.0. The molecule has 9 nitrogen and oxygen atoms in total. The van der Waals surface area contributed by atoms with Gasteiger partial charge in [0.2, 0.25) is 0 Å². The van der Waals surface area contributed by atoms with Crippen molar-refractivity contribution >= 4 is 16.7 Å². The molecule has 5 rings (SSSR count). The Morgan fingerprint density at radius 3 is 2.52 bits per heavy atom. The molecule has 1 saturated heterocycles. The number of nitrogens with zero attached hydrogens (tertiary/aromatic N) is 8. The Kier molecular flexibility index (Phi) is 5.59. The molecule has 10 heteroatoms. The molecule has 0 saturated carbocycles. The first-order chi connectivity index (χ1) is 16.0. The van der Waals surface area contributed by atoms with Crippen molar-refractivity contribution < 1.29 is 4.39 Å². The minimum absolute atomic E-state index is 0.126. The molecule has 1 aliphatic heterocycles. The zero-order valence-corrected chi connectivity index (χ0v) is 18.6. The van der Waals surface area contributed by atoms with E-state index in [1.807, 2.05) is 19.9 Å². The van der Waals surface area contributed by atoms with Gasteiger partial charge in [-0.3, -0.25) is 9.69 Å². The lowest BCUT2D eigenvalue weighted by Crippen LogP contribution is -2.48. The predicted octanol–water partition coefficient (Wildman–Crippen LogP) is 1.95. The second-order valence-corrected chi connectivity index (χ2v) is 8.28. The molecule has 1 aromatic carbocycles. The molecule has 0 atom stereocenters. The summed E-state index contributed by atoms with van der Waals surface area (Å²) in [5.41, 5.74) is 2.36. The van der Waals surface area contributed by atoms with Gasteiger partial charge in [-0.2, -0.15) is 5.10 Å². The summed E-state index contributed by atoms with van der Waals surface area (Å²) in [5, 5.41) is 9.83. The monoisotopic (exact) mass is 448 g/mol. The van der Waals surface area contributed by atoms with Crippen LogP contribution < -0.4 is 10.5 Å². The van der Waals surface area contributed by atoms with Crippen molar-refractivity contribution in [2.45, 2.75) is 20.4 Å². The maximum Gasteiger partial charge on any atom is 0.266 e. The Morgan fingerprint density at radius 1 is 0.939 bits per heavy atom. The number of piperazine rings is 1. The highest BCUT2D eigenvalue weighted by atomic mass is 19.1. The standard InChI is InChI=1S/C23H25FN8O/c1-16-13-17(2)32(27-16)21-5-6-22(33)31(28-21)12-9-29-7-10-30(11-8-29)23-19-4-3-18(24)14-20(19)25-15-26-23/h3-6,13-15H,7-12H2,1-2H3. The molecule has 0 unspecified atom stereocenters. The van der Waals surface area contributed by atoms with Gasteiger partial charge in [0.25, 0.3) is 5.56 Å². The van der Waals surface area contributed by atoms with Gasteiger partial charge in [-0.05, 0) is 38.1 Å². The molecule has 4 heterocycles. The summed E-state index contributed by atoms with van der Waals surface area (Å²) in [6, 6.07) is 9.83. The zero-order valence-electron chi connectivity index (χ0n) is 18.6. The van der Waals surface area contributed by atoms with Gasteiger partial charge >= 0.3 is 0 Å². The summed E-state index contributed by atoms with van der Waals surface area (Å²) in [6.45, 7) is 8.36. The Hall–Kier alpha value is -3.66. The summed E-state index contributed by atoms with van der Waals surface area (Å²) < 4.78 is 16.8. The van der Waals surface area contributed by atoms with Crippen molar-refractivity contribution in [3.05, 3.63) is 70.3 Å². The van der Waals surface area contributed by atoms with Gasteiger partial charge in [-0.25, -0.2) is 23.7 Å². The van der Waals surface area contributed by atoms with Crippen LogP contribution in [0.15, 0.2) is 47.5 Å². The van der Waals surface area contributed by atoms with Crippen LogP contribution >= 0.6 is 0 Å². The lowest BCUT2D eigenvalue weighted by molar-refractivity contribution is 0.242. The van der Waals surface area contributed by atoms with Crippen molar-refractivity contribution in [2.24, 2.45) is 0 Å². The third kappa shape index (κ3) is 4.34. The summed E-state index contributed by atoms with van der Waals surface area (Å²) in [6.07, 6.45) is 1.48. The van der Waals surface area contributed by atoms with Gasteiger partial charge in [0.1, 0.15) is 18.0 Å². The number of hydrogen-bond acceptors (Lipinski definition) is 7. The van der Waals surface area contributed by atoms with E-state index in [4.69, 9.17) is 0 Å². The quantitative estimate of drug-likeness (QED) is 0.461. The number of fused-ring (bicyclic) bond motifs is 1. The lowest BCUT2D eigenvalue weighted by atomic mass is 10.2. The molecule has 0 bridgehead atoms. The number of rotatable bonds is 5. The molecule has 1 aliphatic rings. The molecule has 170 valence electrons. The summed E-state index contributed by atoms with van der Waals surface area (Å²) in [7, 11) is 0. The van der Waals surface area contributed by atoms with Gasteiger partial charge in [0, 0.05) is 55.9 Å². The second-order valence-electron chi connectivity index (χ2n) is 8.28. The van der Waals surface area contributed by atoms with E-state index in [-0.39, 0.29) is 11.4 Å². The fourth-order valence-electron chi connectivity index (χ4n) is 4.26. The van der Waals surface area contributed by atoms with E-state index in [0.717, 1.165) is 55.3 Å². The van der Waals surface area contributed by atoms with Crippen LogP contribution in [0.25, 0.3) is 16.7 Å². The topological polar surface area (TPSA) is 85.0 Å². The van der Waals surface area contributed by atoms with Crippen LogP contribution in [-0.4, -0.2) is 67.2 Å². The van der Waals surface area contributed by atoms with Crippen LogP contribution in [0.2, 0.25) is 0 Å². The molecule has 3 aromatic heterocycles. The predicted molar refractivity (Wildman–Crippen MR) is 123 cm³/mol. The van der Waals surface area contributed by atoms with Gasteiger partial charge in [0.15, 0.2) is 5.82 Å². The van der Waals surface area contributed by atoms with Crippen LogP contribution in [0.3, 0.4) is 0 Å². The van der Waals surface area contributed by atoms with E-state index in [2.05, 4.69) is 30.0 Å². The van der Waals surface area contributed by atoms with Crippen LogP contribution in [0.5, 0.6) is 0 Å². The van der Waals surface area contributed by atoms with Crippen LogP contribution in [0.1, 0.15) is 11.4 Å². The zero-order chi connectivity index (χ0) is 22.9. The molecule has 0 radical (unpaired) electrons. The Bertz CT molecular complexity index is 1360. The third-order valence-corrected chi connectivity index (χ3v) is 5.96. The van der Waals surface area contributed by atoms with Crippen molar-refractivity contribution in [3.8, 4) is 5.82 Å². The summed E-state index contributed by atoms with van der Waals surface area (Å²) >= 11 is 0. The van der Waals surface area contributed by atoms with Gasteiger partial charge < -0.3 is 4.90 Å². The van der Waals surface area contributed by atoms with E-state index >= 15 is 0 Å². The molecule has 4 aromatic rings. The number of halogens is 1. The molecule has 0 aliphatic carbocycles. The summed E-state index contributed by atoms with van der Waals surface area (Å²) in [5.74, 6) is 1.16. The average molecular weight is 449 g/mol. The highest BCUT2D eigenvalue weighted by molar-refractivity contribution is 5.89. The maximum atomic E-state index is 13.5. The number of aryl methyl sites for hydroxylation is 2. The molecule has 1 fully saturated rings. The normalized spacial score (nSPS) is 14.8. The summed E-state index contributed by atoms with van der Waals surface area (Å²) in [4.78, 5) is 25.5. The maximum absolute atomic E-state index is 13.5. The van der Waals surface area contributed by atoms with Crippen LogP contribution in [-0.2, 0) is 6.54 Å².